The van der Waals surface area contributed by atoms with Crippen molar-refractivity contribution < 1.29 is 36.6 Å². The highest BCUT2D eigenvalue weighted by Crippen LogP contribution is 2.35. The zero-order valence-corrected chi connectivity index (χ0v) is 17.7. The molecule has 2 aromatic rings. The van der Waals surface area contributed by atoms with Crippen LogP contribution in [0.4, 0.5) is 22.0 Å². The molecule has 2 unspecified atom stereocenters. The number of carboxylic acid groups (broad SMARTS) is 1. The lowest BCUT2D eigenvalue weighted by atomic mass is 9.86. The first kappa shape index (κ1) is 24.9. The minimum absolute atomic E-state index is 0.0817. The minimum atomic E-state index is -4.42. The highest BCUT2D eigenvalue weighted by molar-refractivity contribution is 5.87. The van der Waals surface area contributed by atoms with Gasteiger partial charge in [0.15, 0.2) is 0 Å². The molecule has 1 heterocycles. The smallest absolute Gasteiger partial charge is 0.416 e. The number of carboxylic acids is 1. The van der Waals surface area contributed by atoms with Gasteiger partial charge in [0.1, 0.15) is 0 Å². The molecule has 0 amide bonds. The molecule has 0 aromatic heterocycles. The van der Waals surface area contributed by atoms with Crippen molar-refractivity contribution >= 4 is 5.97 Å². The molecule has 33 heavy (non-hydrogen) atoms. The number of hydrogen-bond donors (Lipinski definition) is 1. The second-order valence-electron chi connectivity index (χ2n) is 8.06. The lowest BCUT2D eigenvalue weighted by Crippen LogP contribution is -2.45. The molecule has 0 aliphatic carbocycles. The van der Waals surface area contributed by atoms with Crippen molar-refractivity contribution in [2.24, 2.45) is 0 Å². The van der Waals surface area contributed by atoms with Crippen molar-refractivity contribution in [1.82, 2.24) is 4.90 Å². The normalized spacial score (nSPS) is 19.9. The molecule has 2 aromatic carbocycles. The summed E-state index contributed by atoms with van der Waals surface area (Å²) in [5.41, 5.74) is 0.930. The van der Waals surface area contributed by atoms with E-state index >= 15 is 0 Å². The molecule has 4 nitrogen and oxygen atoms in total. The maximum Gasteiger partial charge on any atom is 0.416 e. The monoisotopic (exact) mass is 469 g/mol. The molecule has 0 saturated carbocycles. The van der Waals surface area contributed by atoms with E-state index in [1.54, 1.807) is 12.1 Å². The van der Waals surface area contributed by atoms with Crippen LogP contribution in [0.5, 0.6) is 0 Å². The maximum atomic E-state index is 13.6. The first-order chi connectivity index (χ1) is 15.5. The number of aromatic carboxylic acids is 1. The van der Waals surface area contributed by atoms with Crippen LogP contribution in [0.2, 0.25) is 0 Å². The Morgan fingerprint density at radius 3 is 2.24 bits per heavy atom. The van der Waals surface area contributed by atoms with E-state index in [2.05, 4.69) is 6.58 Å². The van der Waals surface area contributed by atoms with Crippen molar-refractivity contribution in [1.29, 1.82) is 0 Å². The zero-order chi connectivity index (χ0) is 24.2. The molecule has 1 aliphatic heterocycles. The van der Waals surface area contributed by atoms with Gasteiger partial charge in [0, 0.05) is 25.2 Å². The summed E-state index contributed by atoms with van der Waals surface area (Å²) in [7, 11) is 0. The van der Waals surface area contributed by atoms with E-state index in [-0.39, 0.29) is 24.1 Å². The molecule has 1 fully saturated rings. The quantitative estimate of drug-likeness (QED) is 0.384. The molecule has 9 heteroatoms. The van der Waals surface area contributed by atoms with Gasteiger partial charge in [-0.2, -0.15) is 22.0 Å². The van der Waals surface area contributed by atoms with Crippen LogP contribution in [0.3, 0.4) is 0 Å². The van der Waals surface area contributed by atoms with Crippen LogP contribution in [-0.4, -0.2) is 41.3 Å². The molecule has 0 spiro atoms. The second-order valence-corrected chi connectivity index (χ2v) is 8.06. The summed E-state index contributed by atoms with van der Waals surface area (Å²) < 4.78 is 70.5. The number of ether oxygens (including phenoxy) is 1. The summed E-state index contributed by atoms with van der Waals surface area (Å²) >= 11 is 0. The van der Waals surface area contributed by atoms with Crippen LogP contribution < -0.4 is 0 Å². The standard InChI is InChI=1S/C24H24F5NO3/c1-2-23(25,26)33-15-21-12-9-19(17-7-10-20(11-8-17)24(27,28)29)14-30(21)13-16-3-5-18(6-4-16)22(31)32/h2-8,10-11,19,21H,1,9,12-15H2,(H,31,32). The number of piperidine rings is 1. The number of likely N-dealkylation sites (tertiary alicyclic amines) is 1. The zero-order valence-electron chi connectivity index (χ0n) is 17.7. The Morgan fingerprint density at radius 2 is 1.70 bits per heavy atom. The lowest BCUT2D eigenvalue weighted by molar-refractivity contribution is -0.210. The van der Waals surface area contributed by atoms with Crippen LogP contribution in [0.15, 0.2) is 61.2 Å². The van der Waals surface area contributed by atoms with Crippen LogP contribution in [0.1, 0.15) is 45.8 Å². The highest BCUT2D eigenvalue weighted by atomic mass is 19.4. The molecule has 2 atom stereocenters. The number of carbonyl (C=O) groups is 1. The van der Waals surface area contributed by atoms with Crippen molar-refractivity contribution in [2.75, 3.05) is 13.2 Å². The molecule has 1 aliphatic rings. The number of hydrogen-bond acceptors (Lipinski definition) is 3. The minimum Gasteiger partial charge on any atom is -0.478 e. The number of nitrogens with zero attached hydrogens (tertiary/aromatic N) is 1. The number of benzene rings is 2. The Labute approximate surface area is 188 Å². The van der Waals surface area contributed by atoms with Crippen LogP contribution in [-0.2, 0) is 17.5 Å². The largest absolute Gasteiger partial charge is 0.478 e. The van der Waals surface area contributed by atoms with E-state index in [0.717, 1.165) is 23.3 Å². The number of alkyl halides is 5. The van der Waals surface area contributed by atoms with E-state index in [9.17, 15) is 26.7 Å². The predicted octanol–water partition coefficient (Wildman–Crippen LogP) is 5.95. The molecule has 0 bridgehead atoms. The van der Waals surface area contributed by atoms with Gasteiger partial charge in [0.2, 0.25) is 0 Å². The van der Waals surface area contributed by atoms with Gasteiger partial charge in [0.05, 0.1) is 17.7 Å². The lowest BCUT2D eigenvalue weighted by Gasteiger charge is -2.40. The Bertz CT molecular complexity index is 958. The van der Waals surface area contributed by atoms with Gasteiger partial charge in [-0.25, -0.2) is 4.79 Å². The van der Waals surface area contributed by atoms with Gasteiger partial charge >= 0.3 is 18.3 Å². The Morgan fingerprint density at radius 1 is 1.06 bits per heavy atom. The molecular formula is C24H24F5NO3. The van der Waals surface area contributed by atoms with Crippen molar-refractivity contribution in [2.45, 2.75) is 43.6 Å². The van der Waals surface area contributed by atoms with Crippen molar-refractivity contribution in [3.63, 3.8) is 0 Å². The Kier molecular flexibility index (Phi) is 7.54. The van der Waals surface area contributed by atoms with Crippen LogP contribution in [0, 0.1) is 0 Å². The molecule has 1 saturated heterocycles. The first-order valence-corrected chi connectivity index (χ1v) is 10.4. The second kappa shape index (κ2) is 10.0. The van der Waals surface area contributed by atoms with Gasteiger partial charge in [0.25, 0.3) is 0 Å². The highest BCUT2D eigenvalue weighted by Gasteiger charge is 2.34. The predicted molar refractivity (Wildman–Crippen MR) is 112 cm³/mol. The van der Waals surface area contributed by atoms with Crippen LogP contribution in [0.25, 0.3) is 0 Å². The first-order valence-electron chi connectivity index (χ1n) is 10.4. The summed E-state index contributed by atoms with van der Waals surface area (Å²) in [5.74, 6) is -1.14. The van der Waals surface area contributed by atoms with Gasteiger partial charge < -0.3 is 9.84 Å². The topological polar surface area (TPSA) is 49.8 Å². The Balaban J connectivity index is 1.77. The summed E-state index contributed by atoms with van der Waals surface area (Å²) in [6, 6.07) is 10.9. The molecule has 1 N–H and O–H groups in total. The molecule has 178 valence electrons. The Hall–Kier alpha value is -2.78. The average Bonchev–Trinajstić information content (AvgIpc) is 2.78. The van der Waals surface area contributed by atoms with Crippen LogP contribution >= 0.6 is 0 Å². The number of rotatable bonds is 8. The number of halogens is 5. The summed E-state index contributed by atoms with van der Waals surface area (Å²) in [4.78, 5) is 13.0. The fourth-order valence-corrected chi connectivity index (χ4v) is 3.95. The third-order valence-corrected chi connectivity index (χ3v) is 5.82. The average molecular weight is 469 g/mol. The molecular weight excluding hydrogens is 445 g/mol. The summed E-state index contributed by atoms with van der Waals surface area (Å²) in [6.07, 6.45) is -6.34. The van der Waals surface area contributed by atoms with E-state index in [1.165, 1.54) is 24.3 Å². The fourth-order valence-electron chi connectivity index (χ4n) is 3.95. The van der Waals surface area contributed by atoms with E-state index in [0.29, 0.717) is 32.0 Å². The van der Waals surface area contributed by atoms with Gasteiger partial charge in [-0.05, 0) is 54.2 Å². The van der Waals surface area contributed by atoms with Gasteiger partial charge in [-0.1, -0.05) is 30.8 Å². The SMILES string of the molecule is C=CC(F)(F)OCC1CCC(c2ccc(C(F)(F)F)cc2)CN1Cc1ccc(C(=O)O)cc1. The molecule has 3 rings (SSSR count). The fraction of sp³-hybridized carbons (Fsp3) is 0.375. The van der Waals surface area contributed by atoms with Crippen molar-refractivity contribution in [3.8, 4) is 0 Å². The maximum absolute atomic E-state index is 13.6. The third-order valence-electron chi connectivity index (χ3n) is 5.82. The van der Waals surface area contributed by atoms with Gasteiger partial charge in [-0.3, -0.25) is 4.90 Å². The summed E-state index contributed by atoms with van der Waals surface area (Å²) in [5, 5.41) is 9.06. The van der Waals surface area contributed by atoms with Gasteiger partial charge in [-0.15, -0.1) is 0 Å². The summed E-state index contributed by atoms with van der Waals surface area (Å²) in [6.45, 7) is 3.60. The van der Waals surface area contributed by atoms with Crippen molar-refractivity contribution in [3.05, 3.63) is 83.4 Å². The molecule has 0 radical (unpaired) electrons. The van der Waals surface area contributed by atoms with E-state index in [4.69, 9.17) is 9.84 Å². The van der Waals surface area contributed by atoms with E-state index < -0.39 is 23.8 Å². The van der Waals surface area contributed by atoms with E-state index in [1.807, 2.05) is 4.90 Å². The third kappa shape index (κ3) is 6.61.